The molecule has 0 spiro atoms. The quantitative estimate of drug-likeness (QED) is 0.347. The van der Waals surface area contributed by atoms with Crippen molar-refractivity contribution in [2.75, 3.05) is 6.54 Å². The molecule has 0 fully saturated rings. The number of rotatable bonds is 13. The maximum atomic E-state index is 13.4. The monoisotopic (exact) mass is 433 g/mol. The Morgan fingerprint density at radius 3 is 2.13 bits per heavy atom. The predicted molar refractivity (Wildman–Crippen MR) is 119 cm³/mol. The molecule has 1 rings (SSSR count). The molecule has 0 radical (unpaired) electrons. The van der Waals surface area contributed by atoms with Crippen molar-refractivity contribution in [1.82, 2.24) is 15.5 Å². The number of primary amides is 2. The average molecular weight is 434 g/mol. The highest BCUT2D eigenvalue weighted by Gasteiger charge is 2.36. The molecule has 0 aliphatic heterocycles. The molecular formula is C22H35N5O4. The van der Waals surface area contributed by atoms with Crippen LogP contribution in [0.5, 0.6) is 0 Å². The molecule has 0 aliphatic carbocycles. The fourth-order valence-corrected chi connectivity index (χ4v) is 3.27. The zero-order valence-corrected chi connectivity index (χ0v) is 18.8. The minimum Gasteiger partial charge on any atom is -0.370 e. The molecular weight excluding hydrogens is 398 g/mol. The lowest BCUT2D eigenvalue weighted by molar-refractivity contribution is -0.145. The fourth-order valence-electron chi connectivity index (χ4n) is 3.27. The number of benzene rings is 1. The van der Waals surface area contributed by atoms with Crippen molar-refractivity contribution in [2.45, 2.75) is 71.1 Å². The number of nitrogens with zero attached hydrogens (tertiary/aromatic N) is 1. The van der Waals surface area contributed by atoms with Gasteiger partial charge < -0.3 is 27.0 Å². The Morgan fingerprint density at radius 1 is 1.00 bits per heavy atom. The van der Waals surface area contributed by atoms with E-state index in [-0.39, 0.29) is 18.7 Å². The maximum Gasteiger partial charge on any atom is 0.243 e. The van der Waals surface area contributed by atoms with Crippen LogP contribution in [0.15, 0.2) is 30.3 Å². The van der Waals surface area contributed by atoms with Crippen LogP contribution in [0.2, 0.25) is 0 Å². The molecule has 0 aliphatic rings. The second kappa shape index (κ2) is 12.7. The molecule has 31 heavy (non-hydrogen) atoms. The SMILES string of the molecule is CCCN[C@@H](C)C(=O)N(C(C)CC(N)=O)[C@@H](Cc1ccccc1)C(=O)N[C@@H](C)C(N)=O. The molecule has 0 aromatic heterocycles. The molecule has 1 unspecified atom stereocenters. The van der Waals surface area contributed by atoms with Crippen LogP contribution in [-0.4, -0.2) is 59.2 Å². The Balaban J connectivity index is 3.35. The lowest BCUT2D eigenvalue weighted by atomic mass is 9.99. The molecule has 9 heteroatoms. The normalized spacial score (nSPS) is 14.7. The molecule has 172 valence electrons. The fraction of sp³-hybridized carbons (Fsp3) is 0.545. The third-order valence-electron chi connectivity index (χ3n) is 4.99. The summed E-state index contributed by atoms with van der Waals surface area (Å²) < 4.78 is 0. The summed E-state index contributed by atoms with van der Waals surface area (Å²) in [6.07, 6.45) is 0.933. The van der Waals surface area contributed by atoms with Gasteiger partial charge in [-0.25, -0.2) is 0 Å². The van der Waals surface area contributed by atoms with Gasteiger partial charge in [-0.3, -0.25) is 19.2 Å². The van der Waals surface area contributed by atoms with Crippen LogP contribution in [0, 0.1) is 0 Å². The first-order valence-electron chi connectivity index (χ1n) is 10.6. The largest absolute Gasteiger partial charge is 0.370 e. The number of nitrogens with one attached hydrogen (secondary N) is 2. The van der Waals surface area contributed by atoms with Crippen LogP contribution < -0.4 is 22.1 Å². The van der Waals surface area contributed by atoms with Crippen molar-refractivity contribution in [3.63, 3.8) is 0 Å². The second-order valence-electron chi connectivity index (χ2n) is 7.78. The van der Waals surface area contributed by atoms with E-state index < -0.39 is 41.9 Å². The van der Waals surface area contributed by atoms with Gasteiger partial charge in [0.05, 0.1) is 6.04 Å². The number of amides is 4. The van der Waals surface area contributed by atoms with Gasteiger partial charge >= 0.3 is 0 Å². The minimum absolute atomic E-state index is 0.101. The molecule has 1 aromatic rings. The molecule has 0 heterocycles. The zero-order chi connectivity index (χ0) is 23.6. The van der Waals surface area contributed by atoms with Crippen molar-refractivity contribution in [3.05, 3.63) is 35.9 Å². The number of carbonyl (C=O) groups excluding carboxylic acids is 4. The molecule has 9 nitrogen and oxygen atoms in total. The van der Waals surface area contributed by atoms with Crippen LogP contribution in [0.1, 0.15) is 46.1 Å². The summed E-state index contributed by atoms with van der Waals surface area (Å²) in [7, 11) is 0. The standard InChI is InChI=1S/C22H35N5O4/c1-5-11-25-16(4)22(31)27(14(2)12-19(23)28)18(13-17-9-7-6-8-10-17)21(30)26-15(3)20(24)29/h6-10,14-16,18,25H,5,11-13H2,1-4H3,(H2,23,28)(H2,24,29)(H,26,30)/t14?,15-,16-,18-/m0/s1. The first-order chi connectivity index (χ1) is 14.6. The van der Waals surface area contributed by atoms with E-state index in [1.807, 2.05) is 37.3 Å². The van der Waals surface area contributed by atoms with Gasteiger partial charge in [-0.2, -0.15) is 0 Å². The average Bonchev–Trinajstić information content (AvgIpc) is 2.71. The van der Waals surface area contributed by atoms with E-state index in [4.69, 9.17) is 11.5 Å². The van der Waals surface area contributed by atoms with E-state index in [9.17, 15) is 19.2 Å². The Kier molecular flexibility index (Phi) is 10.7. The first-order valence-corrected chi connectivity index (χ1v) is 10.6. The summed E-state index contributed by atoms with van der Waals surface area (Å²) in [5, 5.41) is 5.71. The second-order valence-corrected chi connectivity index (χ2v) is 7.78. The van der Waals surface area contributed by atoms with E-state index in [0.717, 1.165) is 12.0 Å². The Bertz CT molecular complexity index is 756. The van der Waals surface area contributed by atoms with Gasteiger partial charge in [-0.15, -0.1) is 0 Å². The smallest absolute Gasteiger partial charge is 0.243 e. The van der Waals surface area contributed by atoms with Crippen LogP contribution >= 0.6 is 0 Å². The van der Waals surface area contributed by atoms with Crippen molar-refractivity contribution in [2.24, 2.45) is 11.5 Å². The summed E-state index contributed by atoms with van der Waals surface area (Å²) >= 11 is 0. The predicted octanol–water partition coefficient (Wildman–Crippen LogP) is 0.0683. The molecule has 6 N–H and O–H groups in total. The third kappa shape index (κ3) is 8.37. The van der Waals surface area contributed by atoms with Crippen LogP contribution in [0.3, 0.4) is 0 Å². The van der Waals surface area contributed by atoms with Gasteiger partial charge in [0.1, 0.15) is 12.1 Å². The summed E-state index contributed by atoms with van der Waals surface area (Å²) in [5.41, 5.74) is 11.5. The highest BCUT2D eigenvalue weighted by atomic mass is 16.2. The van der Waals surface area contributed by atoms with Crippen LogP contribution in [0.25, 0.3) is 0 Å². The van der Waals surface area contributed by atoms with Gasteiger partial charge in [0.15, 0.2) is 0 Å². The minimum atomic E-state index is -0.961. The third-order valence-corrected chi connectivity index (χ3v) is 4.99. The van der Waals surface area contributed by atoms with E-state index in [0.29, 0.717) is 6.54 Å². The maximum absolute atomic E-state index is 13.4. The van der Waals surface area contributed by atoms with Crippen molar-refractivity contribution in [1.29, 1.82) is 0 Å². The van der Waals surface area contributed by atoms with Crippen molar-refractivity contribution >= 4 is 23.6 Å². The molecule has 4 amide bonds. The number of carbonyl (C=O) groups is 4. The molecule has 0 bridgehead atoms. The Morgan fingerprint density at radius 2 is 1.61 bits per heavy atom. The Labute approximate surface area is 183 Å². The number of nitrogens with two attached hydrogens (primary N) is 2. The summed E-state index contributed by atoms with van der Waals surface area (Å²) in [4.78, 5) is 51.0. The van der Waals surface area contributed by atoms with E-state index in [2.05, 4.69) is 10.6 Å². The van der Waals surface area contributed by atoms with Gasteiger partial charge in [0, 0.05) is 18.9 Å². The molecule has 0 saturated heterocycles. The highest BCUT2D eigenvalue weighted by Crippen LogP contribution is 2.17. The summed E-state index contributed by atoms with van der Waals surface area (Å²) in [6, 6.07) is 6.14. The van der Waals surface area contributed by atoms with Crippen LogP contribution in [0.4, 0.5) is 0 Å². The van der Waals surface area contributed by atoms with E-state index >= 15 is 0 Å². The lowest BCUT2D eigenvalue weighted by Crippen LogP contribution is -2.60. The van der Waals surface area contributed by atoms with Gasteiger partial charge in [0.25, 0.3) is 0 Å². The lowest BCUT2D eigenvalue weighted by Gasteiger charge is -2.37. The Hall–Kier alpha value is -2.94. The topological polar surface area (TPSA) is 148 Å². The van der Waals surface area contributed by atoms with E-state index in [1.165, 1.54) is 11.8 Å². The summed E-state index contributed by atoms with van der Waals surface area (Å²) in [6.45, 7) is 7.47. The van der Waals surface area contributed by atoms with Crippen molar-refractivity contribution < 1.29 is 19.2 Å². The molecule has 1 aromatic carbocycles. The van der Waals surface area contributed by atoms with Crippen LogP contribution in [-0.2, 0) is 25.6 Å². The molecule has 0 saturated carbocycles. The van der Waals surface area contributed by atoms with Gasteiger partial charge in [-0.1, -0.05) is 37.3 Å². The summed E-state index contributed by atoms with van der Waals surface area (Å²) in [5.74, 6) is -2.12. The zero-order valence-electron chi connectivity index (χ0n) is 18.8. The number of hydrogen-bond acceptors (Lipinski definition) is 5. The first kappa shape index (κ1) is 26.1. The number of hydrogen-bond donors (Lipinski definition) is 4. The van der Waals surface area contributed by atoms with E-state index in [1.54, 1.807) is 13.8 Å². The molecule has 4 atom stereocenters. The van der Waals surface area contributed by atoms with Crippen molar-refractivity contribution in [3.8, 4) is 0 Å². The van der Waals surface area contributed by atoms with Gasteiger partial charge in [-0.05, 0) is 39.3 Å². The highest BCUT2D eigenvalue weighted by molar-refractivity contribution is 5.93. The van der Waals surface area contributed by atoms with Gasteiger partial charge in [0.2, 0.25) is 23.6 Å².